The number of halogens is 1. The zero-order chi connectivity index (χ0) is 24.7. The number of carbonyl (C=O) groups excluding carboxylic acids is 2. The Morgan fingerprint density at radius 3 is 2.29 bits per heavy atom. The summed E-state index contributed by atoms with van der Waals surface area (Å²) in [7, 11) is 0. The minimum atomic E-state index is -1.00. The van der Waals surface area contributed by atoms with E-state index in [1.807, 2.05) is 13.0 Å². The van der Waals surface area contributed by atoms with Gasteiger partial charge in [-0.25, -0.2) is 4.98 Å². The summed E-state index contributed by atoms with van der Waals surface area (Å²) in [5.74, 6) is 1.41. The van der Waals surface area contributed by atoms with Crippen molar-refractivity contribution in [1.29, 1.82) is 0 Å². The Bertz CT molecular complexity index is 1100. The Balaban J connectivity index is 1.22. The van der Waals surface area contributed by atoms with Crippen LogP contribution in [-0.4, -0.2) is 46.6 Å². The van der Waals surface area contributed by atoms with Crippen LogP contribution in [0.25, 0.3) is 0 Å². The average molecular weight is 497 g/mol. The molecule has 1 aromatic carbocycles. The van der Waals surface area contributed by atoms with Gasteiger partial charge in [0.1, 0.15) is 11.6 Å². The number of anilines is 1. The number of amides is 2. The summed E-state index contributed by atoms with van der Waals surface area (Å²) in [6.45, 7) is 5.60. The minimum absolute atomic E-state index is 0.0394. The molecule has 1 aromatic heterocycles. The SMILES string of the molecule is Cc1cc(C(=O)NC2CC2)cnc1N1C2CCC1CC(NC(=O)C(C)(C)Oc1ccc(Cl)cc1)C2. The molecule has 2 saturated heterocycles. The number of rotatable bonds is 7. The number of aryl methyl sites for hydroxylation is 1. The molecule has 8 heteroatoms. The van der Waals surface area contributed by atoms with Gasteiger partial charge < -0.3 is 20.3 Å². The number of hydrogen-bond donors (Lipinski definition) is 2. The first kappa shape index (κ1) is 23.9. The van der Waals surface area contributed by atoms with Crippen molar-refractivity contribution >= 4 is 29.2 Å². The second-order valence-corrected chi connectivity index (χ2v) is 11.0. The minimum Gasteiger partial charge on any atom is -0.478 e. The molecule has 3 heterocycles. The van der Waals surface area contributed by atoms with Crippen LogP contribution in [0.2, 0.25) is 5.02 Å². The normalized spacial score (nSPS) is 23.7. The highest BCUT2D eigenvalue weighted by Gasteiger charge is 2.43. The lowest BCUT2D eigenvalue weighted by Crippen LogP contribution is -2.55. The molecule has 2 atom stereocenters. The predicted molar refractivity (Wildman–Crippen MR) is 136 cm³/mol. The van der Waals surface area contributed by atoms with E-state index < -0.39 is 5.60 Å². The van der Waals surface area contributed by atoms with Gasteiger partial charge in [-0.05, 0) is 95.2 Å². The Hall–Kier alpha value is -2.80. The molecule has 0 spiro atoms. The molecule has 1 saturated carbocycles. The molecule has 3 fully saturated rings. The quantitative estimate of drug-likeness (QED) is 0.593. The summed E-state index contributed by atoms with van der Waals surface area (Å²) in [5, 5.41) is 6.90. The van der Waals surface area contributed by atoms with E-state index in [0.717, 1.165) is 49.9 Å². The molecule has 2 unspecified atom stereocenters. The first-order valence-electron chi connectivity index (χ1n) is 12.5. The monoisotopic (exact) mass is 496 g/mol. The number of aromatic nitrogens is 1. The van der Waals surface area contributed by atoms with Crippen molar-refractivity contribution in [3.63, 3.8) is 0 Å². The van der Waals surface area contributed by atoms with Crippen molar-refractivity contribution in [2.75, 3.05) is 4.90 Å². The number of piperidine rings is 1. The van der Waals surface area contributed by atoms with Gasteiger partial charge in [0.2, 0.25) is 0 Å². The summed E-state index contributed by atoms with van der Waals surface area (Å²) in [5.41, 5.74) is 0.639. The lowest BCUT2D eigenvalue weighted by Gasteiger charge is -2.41. The van der Waals surface area contributed by atoms with Crippen LogP contribution in [0.3, 0.4) is 0 Å². The number of ether oxygens (including phenoxy) is 1. The maximum atomic E-state index is 13.1. The lowest BCUT2D eigenvalue weighted by molar-refractivity contribution is -0.135. The van der Waals surface area contributed by atoms with Crippen molar-refractivity contribution in [1.82, 2.24) is 15.6 Å². The third-order valence-corrected chi connectivity index (χ3v) is 7.52. The van der Waals surface area contributed by atoms with E-state index in [1.54, 1.807) is 44.3 Å². The molecular formula is C27H33ClN4O3. The van der Waals surface area contributed by atoms with Crippen molar-refractivity contribution in [2.45, 2.75) is 89.1 Å². The molecule has 5 rings (SSSR count). The summed E-state index contributed by atoms with van der Waals surface area (Å²) in [6.07, 6.45) is 7.71. The van der Waals surface area contributed by atoms with E-state index >= 15 is 0 Å². The molecule has 35 heavy (non-hydrogen) atoms. The van der Waals surface area contributed by atoms with E-state index in [1.165, 1.54) is 0 Å². The van der Waals surface area contributed by atoms with Gasteiger partial charge in [-0.2, -0.15) is 0 Å². The molecule has 7 nitrogen and oxygen atoms in total. The standard InChI is InChI=1S/C27H33ClN4O3/c1-16-12-17(25(33)30-19-6-7-19)15-29-24(16)32-21-8-9-22(32)14-20(13-21)31-26(34)27(2,3)35-23-10-4-18(28)5-11-23/h4-5,10-12,15,19-22H,6-9,13-14H2,1-3H3,(H,30,33)(H,31,34). The van der Waals surface area contributed by atoms with Crippen molar-refractivity contribution in [3.05, 3.63) is 52.7 Å². The number of benzene rings is 1. The third-order valence-electron chi connectivity index (χ3n) is 7.27. The Labute approximate surface area is 211 Å². The van der Waals surface area contributed by atoms with Gasteiger partial charge in [0.15, 0.2) is 5.60 Å². The van der Waals surface area contributed by atoms with Crippen molar-refractivity contribution < 1.29 is 14.3 Å². The zero-order valence-electron chi connectivity index (χ0n) is 20.5. The van der Waals surface area contributed by atoms with Gasteiger partial charge in [0, 0.05) is 35.4 Å². The molecule has 0 radical (unpaired) electrons. The highest BCUT2D eigenvalue weighted by molar-refractivity contribution is 6.30. The largest absolute Gasteiger partial charge is 0.478 e. The van der Waals surface area contributed by atoms with Crippen LogP contribution < -0.4 is 20.3 Å². The van der Waals surface area contributed by atoms with Crippen molar-refractivity contribution in [3.8, 4) is 5.75 Å². The van der Waals surface area contributed by atoms with Gasteiger partial charge in [-0.3, -0.25) is 9.59 Å². The molecular weight excluding hydrogens is 464 g/mol. The molecule has 3 aliphatic rings. The molecule has 1 aliphatic carbocycles. The lowest BCUT2D eigenvalue weighted by atomic mass is 9.95. The van der Waals surface area contributed by atoms with Crippen molar-refractivity contribution in [2.24, 2.45) is 0 Å². The number of carbonyl (C=O) groups is 2. The highest BCUT2D eigenvalue weighted by Crippen LogP contribution is 2.40. The fourth-order valence-corrected chi connectivity index (χ4v) is 5.43. The van der Waals surface area contributed by atoms with E-state index in [9.17, 15) is 9.59 Å². The highest BCUT2D eigenvalue weighted by atomic mass is 35.5. The van der Waals surface area contributed by atoms with E-state index in [4.69, 9.17) is 21.3 Å². The van der Waals surface area contributed by atoms with Gasteiger partial charge in [0.25, 0.3) is 11.8 Å². The number of pyridine rings is 1. The van der Waals surface area contributed by atoms with E-state index in [0.29, 0.717) is 34.5 Å². The fraction of sp³-hybridized carbons (Fsp3) is 0.519. The Kier molecular flexibility index (Phi) is 6.38. The summed E-state index contributed by atoms with van der Waals surface area (Å²) >= 11 is 5.95. The smallest absolute Gasteiger partial charge is 0.263 e. The van der Waals surface area contributed by atoms with Gasteiger partial charge in [0.05, 0.1) is 5.56 Å². The van der Waals surface area contributed by atoms with E-state index in [-0.39, 0.29) is 17.9 Å². The molecule has 2 aromatic rings. The Morgan fingerprint density at radius 1 is 1.03 bits per heavy atom. The van der Waals surface area contributed by atoms with Crippen LogP contribution in [0.5, 0.6) is 5.75 Å². The van der Waals surface area contributed by atoms with Crippen LogP contribution in [0, 0.1) is 6.92 Å². The zero-order valence-corrected chi connectivity index (χ0v) is 21.3. The second-order valence-electron chi connectivity index (χ2n) is 10.6. The maximum absolute atomic E-state index is 13.1. The van der Waals surface area contributed by atoms with Gasteiger partial charge >= 0.3 is 0 Å². The fourth-order valence-electron chi connectivity index (χ4n) is 5.30. The third kappa shape index (κ3) is 5.25. The summed E-state index contributed by atoms with van der Waals surface area (Å²) < 4.78 is 5.97. The van der Waals surface area contributed by atoms with Crippen LogP contribution in [0.4, 0.5) is 5.82 Å². The first-order chi connectivity index (χ1) is 16.7. The molecule has 2 bridgehead atoms. The molecule has 2 amide bonds. The summed E-state index contributed by atoms with van der Waals surface area (Å²) in [4.78, 5) is 32.6. The number of fused-ring (bicyclic) bond motifs is 2. The second kappa shape index (κ2) is 9.34. The van der Waals surface area contributed by atoms with Gasteiger partial charge in [-0.15, -0.1) is 0 Å². The maximum Gasteiger partial charge on any atom is 0.263 e. The molecule has 186 valence electrons. The number of nitrogens with zero attached hydrogens (tertiary/aromatic N) is 2. The predicted octanol–water partition coefficient (Wildman–Crippen LogP) is 4.41. The van der Waals surface area contributed by atoms with Crippen LogP contribution in [0.1, 0.15) is 68.3 Å². The topological polar surface area (TPSA) is 83.6 Å². The van der Waals surface area contributed by atoms with Gasteiger partial charge in [-0.1, -0.05) is 11.6 Å². The van der Waals surface area contributed by atoms with Crippen LogP contribution >= 0.6 is 11.6 Å². The van der Waals surface area contributed by atoms with Crippen LogP contribution in [0.15, 0.2) is 36.5 Å². The summed E-state index contributed by atoms with van der Waals surface area (Å²) in [6, 6.07) is 10.0. The van der Waals surface area contributed by atoms with Crippen LogP contribution in [-0.2, 0) is 4.79 Å². The average Bonchev–Trinajstić information content (AvgIpc) is 3.58. The first-order valence-corrected chi connectivity index (χ1v) is 12.9. The van der Waals surface area contributed by atoms with E-state index in [2.05, 4.69) is 15.5 Å². The molecule has 2 aliphatic heterocycles. The number of nitrogens with one attached hydrogen (secondary N) is 2. The Morgan fingerprint density at radius 2 is 1.69 bits per heavy atom. The number of hydrogen-bond acceptors (Lipinski definition) is 5. The molecule has 2 N–H and O–H groups in total.